The number of aliphatic imine (C=N–C) groups is 2. The predicted molar refractivity (Wildman–Crippen MR) is 130 cm³/mol. The molecule has 0 bridgehead atoms. The maximum absolute atomic E-state index is 6.33. The van der Waals surface area contributed by atoms with Crippen LogP contribution >= 0.6 is 23.2 Å². The van der Waals surface area contributed by atoms with Gasteiger partial charge in [-0.3, -0.25) is 15.0 Å². The Hall–Kier alpha value is -1.97. The standard InChI is InChI=1S/C25H25Cl2N3.Fe/c1-16-12-18(3)24(22(26)14-16)28-10-8-20-6-5-7-21(30-20)9-11-29-25-19(4)13-17(2)15-23(25)27;/h5-7,10-15H,8-9H2,1-4H3;. The first-order valence-corrected chi connectivity index (χ1v) is 10.6. The first-order chi connectivity index (χ1) is 14.3. The molecule has 1 aromatic heterocycles. The molecule has 0 aliphatic rings. The number of hydrogen-bond donors (Lipinski definition) is 0. The third-order valence-electron chi connectivity index (χ3n) is 4.70. The van der Waals surface area contributed by atoms with Crippen molar-refractivity contribution in [3.63, 3.8) is 0 Å². The van der Waals surface area contributed by atoms with Crippen LogP contribution in [0.15, 0.2) is 52.4 Å². The molecule has 3 aromatic rings. The molecule has 162 valence electrons. The molecule has 3 rings (SSSR count). The predicted octanol–water partition coefficient (Wildman–Crippen LogP) is 7.51. The van der Waals surface area contributed by atoms with Crippen LogP contribution in [0.25, 0.3) is 0 Å². The molecule has 1 heterocycles. The molecule has 0 saturated heterocycles. The molecule has 3 nitrogen and oxygen atoms in total. The van der Waals surface area contributed by atoms with Gasteiger partial charge in [0.25, 0.3) is 0 Å². The van der Waals surface area contributed by atoms with Gasteiger partial charge in [-0.15, -0.1) is 0 Å². The van der Waals surface area contributed by atoms with Crippen molar-refractivity contribution in [2.45, 2.75) is 40.5 Å². The second-order valence-corrected chi connectivity index (χ2v) is 8.29. The van der Waals surface area contributed by atoms with Crippen molar-refractivity contribution in [3.05, 3.63) is 86.2 Å². The molecule has 6 heteroatoms. The van der Waals surface area contributed by atoms with Crippen LogP contribution in [0.5, 0.6) is 0 Å². The summed E-state index contributed by atoms with van der Waals surface area (Å²) in [7, 11) is 0. The van der Waals surface area contributed by atoms with Crippen LogP contribution in [-0.2, 0) is 29.9 Å². The molecule has 0 aliphatic heterocycles. The summed E-state index contributed by atoms with van der Waals surface area (Å²) in [6.07, 6.45) is 4.99. The molecular formula is C25H25Cl2FeN3. The molecule has 0 fully saturated rings. The van der Waals surface area contributed by atoms with Crippen LogP contribution in [0.4, 0.5) is 11.4 Å². The zero-order valence-electron chi connectivity index (χ0n) is 18.1. The van der Waals surface area contributed by atoms with Gasteiger partial charge in [0.15, 0.2) is 0 Å². The fourth-order valence-electron chi connectivity index (χ4n) is 3.36. The number of pyridine rings is 1. The molecule has 0 aliphatic carbocycles. The van der Waals surface area contributed by atoms with Gasteiger partial charge < -0.3 is 0 Å². The average Bonchev–Trinajstić information content (AvgIpc) is 2.66. The summed E-state index contributed by atoms with van der Waals surface area (Å²) in [4.78, 5) is 13.8. The smallest absolute Gasteiger partial charge is 0.0841 e. The van der Waals surface area contributed by atoms with Crippen LogP contribution in [0, 0.1) is 27.7 Å². The van der Waals surface area contributed by atoms with E-state index in [0.717, 1.165) is 45.0 Å². The van der Waals surface area contributed by atoms with Crippen molar-refractivity contribution >= 4 is 47.0 Å². The molecular weight excluding hydrogens is 469 g/mol. The Morgan fingerprint density at radius 1 is 0.742 bits per heavy atom. The van der Waals surface area contributed by atoms with Crippen molar-refractivity contribution < 1.29 is 17.1 Å². The van der Waals surface area contributed by atoms with E-state index >= 15 is 0 Å². The minimum Gasteiger partial charge on any atom is -0.259 e. The van der Waals surface area contributed by atoms with Gasteiger partial charge in [0.2, 0.25) is 0 Å². The fraction of sp³-hybridized carbons (Fsp3) is 0.240. The van der Waals surface area contributed by atoms with E-state index in [4.69, 9.17) is 28.2 Å². The van der Waals surface area contributed by atoms with Crippen molar-refractivity contribution in [2.75, 3.05) is 0 Å². The summed E-state index contributed by atoms with van der Waals surface area (Å²) in [6, 6.07) is 14.0. The van der Waals surface area contributed by atoms with Gasteiger partial charge >= 0.3 is 0 Å². The van der Waals surface area contributed by atoms with Crippen LogP contribution < -0.4 is 0 Å². The molecule has 0 spiro atoms. The Balaban J connectivity index is 0.00000341. The molecule has 0 unspecified atom stereocenters. The SMILES string of the molecule is Cc1cc(C)c(N=CCc2cccc(CC=Nc3c(C)cc(C)cc3Cl)n2)c(Cl)c1.[Fe]. The van der Waals surface area contributed by atoms with E-state index in [1.807, 2.05) is 70.5 Å². The number of hydrogen-bond acceptors (Lipinski definition) is 3. The van der Waals surface area contributed by atoms with Gasteiger partial charge in [-0.05, 0) is 74.2 Å². The Kier molecular flexibility index (Phi) is 9.46. The first-order valence-electron chi connectivity index (χ1n) is 9.87. The van der Waals surface area contributed by atoms with Gasteiger partial charge in [0.1, 0.15) is 0 Å². The summed E-state index contributed by atoms with van der Waals surface area (Å²) in [6.45, 7) is 8.09. The van der Waals surface area contributed by atoms with E-state index < -0.39 is 0 Å². The Labute approximate surface area is 205 Å². The quantitative estimate of drug-likeness (QED) is 0.258. The Morgan fingerprint density at radius 3 is 1.55 bits per heavy atom. The molecule has 0 amide bonds. The van der Waals surface area contributed by atoms with Crippen molar-refractivity contribution in [1.29, 1.82) is 0 Å². The molecule has 0 atom stereocenters. The fourth-order valence-corrected chi connectivity index (χ4v) is 4.10. The second kappa shape index (κ2) is 11.6. The second-order valence-electron chi connectivity index (χ2n) is 7.48. The van der Waals surface area contributed by atoms with E-state index in [0.29, 0.717) is 22.9 Å². The molecule has 0 radical (unpaired) electrons. The van der Waals surface area contributed by atoms with Crippen molar-refractivity contribution in [1.82, 2.24) is 4.98 Å². The van der Waals surface area contributed by atoms with Gasteiger partial charge in [0.05, 0.1) is 21.4 Å². The number of benzene rings is 2. The Morgan fingerprint density at radius 2 is 1.16 bits per heavy atom. The van der Waals surface area contributed by atoms with E-state index in [1.165, 1.54) is 0 Å². The largest absolute Gasteiger partial charge is 0.259 e. The monoisotopic (exact) mass is 493 g/mol. The minimum absolute atomic E-state index is 0. The normalized spacial score (nSPS) is 11.3. The summed E-state index contributed by atoms with van der Waals surface area (Å²) in [5, 5.41) is 1.35. The first kappa shape index (κ1) is 25.3. The topological polar surface area (TPSA) is 37.6 Å². The molecule has 0 N–H and O–H groups in total. The molecule has 0 saturated carbocycles. The molecule has 31 heavy (non-hydrogen) atoms. The van der Waals surface area contributed by atoms with Crippen molar-refractivity contribution in [2.24, 2.45) is 9.98 Å². The summed E-state index contributed by atoms with van der Waals surface area (Å²) in [5.41, 5.74) is 7.94. The summed E-state index contributed by atoms with van der Waals surface area (Å²) in [5.74, 6) is 0. The van der Waals surface area contributed by atoms with Gasteiger partial charge in [-0.25, -0.2) is 0 Å². The number of halogens is 2. The van der Waals surface area contributed by atoms with Crippen LogP contribution in [-0.4, -0.2) is 17.4 Å². The number of aryl methyl sites for hydroxylation is 4. The maximum atomic E-state index is 6.33. The van der Waals surface area contributed by atoms with Gasteiger partial charge in [-0.1, -0.05) is 41.4 Å². The Bertz CT molecular complexity index is 993. The van der Waals surface area contributed by atoms with Crippen LogP contribution in [0.2, 0.25) is 10.0 Å². The van der Waals surface area contributed by atoms with Crippen molar-refractivity contribution in [3.8, 4) is 0 Å². The third-order valence-corrected chi connectivity index (χ3v) is 5.28. The van der Waals surface area contributed by atoms with E-state index in [2.05, 4.69) is 22.1 Å². The average molecular weight is 494 g/mol. The number of aromatic nitrogens is 1. The number of rotatable bonds is 6. The van der Waals surface area contributed by atoms with E-state index in [1.54, 1.807) is 0 Å². The van der Waals surface area contributed by atoms with E-state index in [9.17, 15) is 0 Å². The minimum atomic E-state index is 0. The maximum Gasteiger partial charge on any atom is 0.0841 e. The summed E-state index contributed by atoms with van der Waals surface area (Å²) >= 11 is 12.7. The summed E-state index contributed by atoms with van der Waals surface area (Å²) < 4.78 is 0. The zero-order valence-corrected chi connectivity index (χ0v) is 20.7. The number of nitrogens with zero attached hydrogens (tertiary/aromatic N) is 3. The zero-order chi connectivity index (χ0) is 21.7. The van der Waals surface area contributed by atoms with Gasteiger partial charge in [-0.2, -0.15) is 0 Å². The van der Waals surface area contributed by atoms with Gasteiger partial charge in [0, 0.05) is 53.7 Å². The molecule has 2 aromatic carbocycles. The third kappa shape index (κ3) is 7.02. The van der Waals surface area contributed by atoms with E-state index in [-0.39, 0.29) is 17.1 Å². The van der Waals surface area contributed by atoms with Crippen LogP contribution in [0.1, 0.15) is 33.6 Å². The van der Waals surface area contributed by atoms with Crippen LogP contribution in [0.3, 0.4) is 0 Å².